The Labute approximate surface area is 125 Å². The fourth-order valence-corrected chi connectivity index (χ4v) is 3.17. The number of carbonyl (C=O) groups excluding carboxylic acids is 1. The van der Waals surface area contributed by atoms with Crippen LogP contribution >= 0.6 is 0 Å². The van der Waals surface area contributed by atoms with E-state index in [2.05, 4.69) is 23.2 Å². The third-order valence-corrected chi connectivity index (χ3v) is 4.39. The molecule has 3 rings (SSSR count). The predicted molar refractivity (Wildman–Crippen MR) is 83.6 cm³/mol. The summed E-state index contributed by atoms with van der Waals surface area (Å²) >= 11 is 0. The molecule has 0 aliphatic carbocycles. The van der Waals surface area contributed by atoms with E-state index in [1.165, 1.54) is 11.1 Å². The number of nitrogens with one attached hydrogen (secondary N) is 1. The molecule has 0 bridgehead atoms. The van der Waals surface area contributed by atoms with Crippen molar-refractivity contribution in [2.45, 2.75) is 39.5 Å². The third kappa shape index (κ3) is 2.46. The first kappa shape index (κ1) is 13.9. The van der Waals surface area contributed by atoms with Gasteiger partial charge < -0.3 is 4.90 Å². The Bertz CT molecular complexity index is 655. The van der Waals surface area contributed by atoms with Gasteiger partial charge in [0, 0.05) is 30.3 Å². The fraction of sp³-hybridized carbons (Fsp3) is 0.412. The highest BCUT2D eigenvalue weighted by Gasteiger charge is 2.29. The van der Waals surface area contributed by atoms with E-state index >= 15 is 0 Å². The molecule has 1 N–H and O–H groups in total. The van der Waals surface area contributed by atoms with Crippen molar-refractivity contribution in [1.82, 2.24) is 10.2 Å². The summed E-state index contributed by atoms with van der Waals surface area (Å²) in [4.78, 5) is 14.5. The summed E-state index contributed by atoms with van der Waals surface area (Å²) in [5.74, 6) is 0.620. The molecule has 1 amide bonds. The first-order valence-electron chi connectivity index (χ1n) is 7.47. The number of aromatic nitrogens is 2. The Morgan fingerprint density at radius 3 is 2.86 bits per heavy atom. The van der Waals surface area contributed by atoms with Crippen LogP contribution in [0.4, 0.5) is 5.69 Å². The summed E-state index contributed by atoms with van der Waals surface area (Å²) in [5.41, 5.74) is 5.59. The lowest BCUT2D eigenvalue weighted by atomic mass is 10.0. The minimum atomic E-state index is 0.201. The topological polar surface area (TPSA) is 49.0 Å². The van der Waals surface area contributed by atoms with Crippen LogP contribution in [0.2, 0.25) is 0 Å². The fourth-order valence-electron chi connectivity index (χ4n) is 3.17. The molecule has 21 heavy (non-hydrogen) atoms. The molecule has 0 fully saturated rings. The Kier molecular flexibility index (Phi) is 3.53. The highest BCUT2D eigenvalue weighted by Crippen LogP contribution is 2.36. The first-order valence-corrected chi connectivity index (χ1v) is 7.47. The van der Waals surface area contributed by atoms with E-state index in [1.807, 2.05) is 36.9 Å². The number of nitrogens with zero attached hydrogens (tertiary/aromatic N) is 2. The van der Waals surface area contributed by atoms with E-state index < -0.39 is 0 Å². The number of aryl methyl sites for hydroxylation is 2. The highest BCUT2D eigenvalue weighted by atomic mass is 16.2. The Morgan fingerprint density at radius 1 is 1.38 bits per heavy atom. The number of H-pyrrole nitrogens is 1. The second-order valence-corrected chi connectivity index (χ2v) is 5.88. The number of carbonyl (C=O) groups is 1. The summed E-state index contributed by atoms with van der Waals surface area (Å²) in [6.45, 7) is 6.96. The Hall–Kier alpha value is -2.10. The molecule has 1 atom stereocenters. The van der Waals surface area contributed by atoms with E-state index in [0.29, 0.717) is 12.3 Å². The van der Waals surface area contributed by atoms with Gasteiger partial charge in [-0.3, -0.25) is 9.89 Å². The van der Waals surface area contributed by atoms with Crippen molar-refractivity contribution in [1.29, 1.82) is 0 Å². The van der Waals surface area contributed by atoms with Crippen molar-refractivity contribution >= 4 is 11.6 Å². The summed E-state index contributed by atoms with van der Waals surface area (Å²) in [7, 11) is 0. The van der Waals surface area contributed by atoms with Crippen LogP contribution in [-0.2, 0) is 11.2 Å². The molecule has 0 saturated heterocycles. The second kappa shape index (κ2) is 5.35. The van der Waals surface area contributed by atoms with Crippen LogP contribution in [0, 0.1) is 13.8 Å². The van der Waals surface area contributed by atoms with Gasteiger partial charge in [-0.15, -0.1) is 0 Å². The van der Waals surface area contributed by atoms with Gasteiger partial charge in [0.25, 0.3) is 0 Å². The lowest BCUT2D eigenvalue weighted by Gasteiger charge is -2.17. The van der Waals surface area contributed by atoms with Gasteiger partial charge in [0.2, 0.25) is 5.91 Å². The number of amides is 1. The molecular weight excluding hydrogens is 262 g/mol. The van der Waals surface area contributed by atoms with Crippen LogP contribution in [0.15, 0.2) is 24.3 Å². The lowest BCUT2D eigenvalue weighted by Crippen LogP contribution is -2.29. The van der Waals surface area contributed by atoms with Crippen LogP contribution in [0.1, 0.15) is 41.8 Å². The number of fused-ring (bicyclic) bond motifs is 1. The van der Waals surface area contributed by atoms with Gasteiger partial charge in [-0.2, -0.15) is 5.10 Å². The molecule has 0 spiro atoms. The molecule has 2 aromatic rings. The standard InChI is InChI=1S/C17H21N3O/c1-11-10-20(16-7-5-4-6-14(11)16)17(21)9-8-15-12(2)18-19-13(15)3/h4-7,11H,8-10H2,1-3H3,(H,18,19). The van der Waals surface area contributed by atoms with Crippen molar-refractivity contribution in [2.75, 3.05) is 11.4 Å². The average molecular weight is 283 g/mol. The van der Waals surface area contributed by atoms with Crippen molar-refractivity contribution in [3.05, 3.63) is 46.8 Å². The Balaban J connectivity index is 1.73. The molecule has 4 nitrogen and oxygen atoms in total. The van der Waals surface area contributed by atoms with E-state index in [1.54, 1.807) is 0 Å². The number of para-hydroxylation sites is 1. The predicted octanol–water partition coefficient (Wildman–Crippen LogP) is 3.11. The average Bonchev–Trinajstić information content (AvgIpc) is 2.98. The monoisotopic (exact) mass is 283 g/mol. The van der Waals surface area contributed by atoms with Crippen LogP contribution in [0.3, 0.4) is 0 Å². The van der Waals surface area contributed by atoms with Crippen molar-refractivity contribution in [3.63, 3.8) is 0 Å². The van der Waals surface area contributed by atoms with Gasteiger partial charge >= 0.3 is 0 Å². The Morgan fingerprint density at radius 2 is 2.14 bits per heavy atom. The molecule has 1 unspecified atom stereocenters. The number of hydrogen-bond acceptors (Lipinski definition) is 2. The van der Waals surface area contributed by atoms with Crippen LogP contribution < -0.4 is 4.90 Å². The van der Waals surface area contributed by atoms with Crippen molar-refractivity contribution in [3.8, 4) is 0 Å². The van der Waals surface area contributed by atoms with E-state index in [9.17, 15) is 4.79 Å². The van der Waals surface area contributed by atoms with Crippen LogP contribution in [0.5, 0.6) is 0 Å². The molecule has 110 valence electrons. The van der Waals surface area contributed by atoms with Crippen molar-refractivity contribution < 1.29 is 4.79 Å². The van der Waals surface area contributed by atoms with Gasteiger partial charge in [-0.1, -0.05) is 25.1 Å². The summed E-state index contributed by atoms with van der Waals surface area (Å²) in [6, 6.07) is 8.21. The van der Waals surface area contributed by atoms with Gasteiger partial charge in [0.1, 0.15) is 0 Å². The molecule has 1 aromatic heterocycles. The molecule has 1 aliphatic heterocycles. The largest absolute Gasteiger partial charge is 0.312 e. The molecule has 0 radical (unpaired) electrons. The molecular formula is C17H21N3O. The number of rotatable bonds is 3. The van der Waals surface area contributed by atoms with Crippen LogP contribution in [0.25, 0.3) is 0 Å². The summed E-state index contributed by atoms with van der Waals surface area (Å²) < 4.78 is 0. The molecule has 1 aromatic carbocycles. The number of benzene rings is 1. The minimum absolute atomic E-state index is 0.201. The molecule has 0 saturated carbocycles. The van der Waals surface area contributed by atoms with Gasteiger partial charge in [-0.05, 0) is 37.5 Å². The smallest absolute Gasteiger partial charge is 0.227 e. The maximum absolute atomic E-state index is 12.6. The van der Waals surface area contributed by atoms with E-state index in [0.717, 1.165) is 30.0 Å². The zero-order chi connectivity index (χ0) is 15.0. The number of aromatic amines is 1. The maximum atomic E-state index is 12.6. The number of hydrogen-bond donors (Lipinski definition) is 1. The molecule has 1 aliphatic rings. The van der Waals surface area contributed by atoms with E-state index in [-0.39, 0.29) is 5.91 Å². The summed E-state index contributed by atoms with van der Waals surface area (Å²) in [5, 5.41) is 7.17. The molecule has 2 heterocycles. The zero-order valence-electron chi connectivity index (χ0n) is 12.8. The van der Waals surface area contributed by atoms with Crippen LogP contribution in [-0.4, -0.2) is 22.6 Å². The third-order valence-electron chi connectivity index (χ3n) is 4.39. The SMILES string of the molecule is Cc1n[nH]c(C)c1CCC(=O)N1CC(C)c2ccccc21. The first-order chi connectivity index (χ1) is 10.1. The van der Waals surface area contributed by atoms with Gasteiger partial charge in [0.05, 0.1) is 5.69 Å². The van der Waals surface area contributed by atoms with Gasteiger partial charge in [-0.25, -0.2) is 0 Å². The minimum Gasteiger partial charge on any atom is -0.312 e. The molecule has 4 heteroatoms. The van der Waals surface area contributed by atoms with Crippen molar-refractivity contribution in [2.24, 2.45) is 0 Å². The normalized spacial score (nSPS) is 17.1. The number of anilines is 1. The second-order valence-electron chi connectivity index (χ2n) is 5.88. The highest BCUT2D eigenvalue weighted by molar-refractivity contribution is 5.96. The van der Waals surface area contributed by atoms with E-state index in [4.69, 9.17) is 0 Å². The summed E-state index contributed by atoms with van der Waals surface area (Å²) in [6.07, 6.45) is 1.28. The quantitative estimate of drug-likeness (QED) is 0.941. The lowest BCUT2D eigenvalue weighted by molar-refractivity contribution is -0.118. The van der Waals surface area contributed by atoms with Gasteiger partial charge in [0.15, 0.2) is 0 Å². The maximum Gasteiger partial charge on any atom is 0.227 e. The zero-order valence-corrected chi connectivity index (χ0v) is 12.8.